The molecule has 1 aromatic rings. The molecule has 1 amide bonds. The lowest BCUT2D eigenvalue weighted by Crippen LogP contribution is -2.18. The fourth-order valence-electron chi connectivity index (χ4n) is 0.933. The Hall–Kier alpha value is -1.40. The maximum atomic E-state index is 11.1. The highest BCUT2D eigenvalue weighted by Crippen LogP contribution is 2.10. The van der Waals surface area contributed by atoms with Gasteiger partial charge in [0.1, 0.15) is 0 Å². The fraction of sp³-hybridized carbons (Fsp3) is 0.125. The first-order chi connectivity index (χ1) is 6.45. The van der Waals surface area contributed by atoms with Gasteiger partial charge in [-0.1, -0.05) is 6.07 Å². The van der Waals surface area contributed by atoms with Gasteiger partial charge in [0.25, 0.3) is 5.91 Å². The van der Waals surface area contributed by atoms with Gasteiger partial charge in [0.15, 0.2) is 9.84 Å². The zero-order chi connectivity index (χ0) is 10.8. The second-order valence-electron chi connectivity index (χ2n) is 2.74. The van der Waals surface area contributed by atoms with Gasteiger partial charge in [-0.3, -0.25) is 10.0 Å². The fourth-order valence-corrected chi connectivity index (χ4v) is 1.60. The maximum absolute atomic E-state index is 11.1. The second kappa shape index (κ2) is 3.77. The summed E-state index contributed by atoms with van der Waals surface area (Å²) in [6, 6.07) is 5.41. The van der Waals surface area contributed by atoms with Gasteiger partial charge in [-0.2, -0.15) is 0 Å². The van der Waals surface area contributed by atoms with Crippen molar-refractivity contribution in [2.45, 2.75) is 4.90 Å². The molecule has 0 bridgehead atoms. The highest BCUT2D eigenvalue weighted by Gasteiger charge is 2.10. The van der Waals surface area contributed by atoms with E-state index in [-0.39, 0.29) is 10.5 Å². The number of sulfone groups is 1. The van der Waals surface area contributed by atoms with Gasteiger partial charge >= 0.3 is 0 Å². The molecular weight excluding hydrogens is 206 g/mol. The van der Waals surface area contributed by atoms with E-state index in [1.54, 1.807) is 0 Å². The van der Waals surface area contributed by atoms with Crippen LogP contribution in [0.25, 0.3) is 0 Å². The Bertz CT molecular complexity index is 452. The van der Waals surface area contributed by atoms with E-state index < -0.39 is 15.7 Å². The molecule has 0 saturated heterocycles. The zero-order valence-corrected chi connectivity index (χ0v) is 8.21. The van der Waals surface area contributed by atoms with E-state index in [1.807, 2.05) is 0 Å². The van der Waals surface area contributed by atoms with E-state index in [1.165, 1.54) is 29.7 Å². The summed E-state index contributed by atoms with van der Waals surface area (Å²) in [6.45, 7) is 0. The Balaban J connectivity index is 3.21. The van der Waals surface area contributed by atoms with Crippen molar-refractivity contribution in [3.8, 4) is 0 Å². The van der Waals surface area contributed by atoms with Gasteiger partial charge < -0.3 is 0 Å². The molecule has 5 nitrogen and oxygen atoms in total. The Labute approximate surface area is 81.2 Å². The molecule has 6 heteroatoms. The number of hydrogen-bond donors (Lipinski definition) is 2. The average molecular weight is 215 g/mol. The molecule has 0 aliphatic heterocycles. The van der Waals surface area contributed by atoms with Crippen LogP contribution in [0, 0.1) is 0 Å². The number of rotatable bonds is 2. The third-order valence-electron chi connectivity index (χ3n) is 1.63. The summed E-state index contributed by atoms with van der Waals surface area (Å²) in [5, 5.41) is 8.33. The molecule has 0 atom stereocenters. The van der Waals surface area contributed by atoms with E-state index in [4.69, 9.17) is 5.21 Å². The summed E-state index contributed by atoms with van der Waals surface area (Å²) in [5.74, 6) is -0.740. The number of amides is 1. The lowest BCUT2D eigenvalue weighted by atomic mass is 10.2. The van der Waals surface area contributed by atoms with E-state index in [0.29, 0.717) is 0 Å². The molecule has 0 saturated carbocycles. The van der Waals surface area contributed by atoms with Crippen molar-refractivity contribution in [3.05, 3.63) is 29.8 Å². The van der Waals surface area contributed by atoms with Crippen molar-refractivity contribution < 1.29 is 18.4 Å². The minimum Gasteiger partial charge on any atom is -0.288 e. The van der Waals surface area contributed by atoms with Crippen LogP contribution in [0.3, 0.4) is 0 Å². The van der Waals surface area contributed by atoms with Crippen molar-refractivity contribution >= 4 is 15.7 Å². The second-order valence-corrected chi connectivity index (χ2v) is 4.76. The molecule has 0 aliphatic rings. The summed E-state index contributed by atoms with van der Waals surface area (Å²) in [7, 11) is -3.33. The first-order valence-electron chi connectivity index (χ1n) is 3.69. The van der Waals surface area contributed by atoms with E-state index >= 15 is 0 Å². The summed E-state index contributed by atoms with van der Waals surface area (Å²) in [6.07, 6.45) is 1.04. The molecule has 0 spiro atoms. The zero-order valence-electron chi connectivity index (χ0n) is 7.39. The summed E-state index contributed by atoms with van der Waals surface area (Å²) in [5.41, 5.74) is 1.52. The van der Waals surface area contributed by atoms with Gasteiger partial charge in [-0.15, -0.1) is 0 Å². The largest absolute Gasteiger partial charge is 0.288 e. The van der Waals surface area contributed by atoms with Gasteiger partial charge in [-0.25, -0.2) is 13.9 Å². The Morgan fingerprint density at radius 1 is 1.43 bits per heavy atom. The van der Waals surface area contributed by atoms with Crippen molar-refractivity contribution in [2.75, 3.05) is 6.26 Å². The summed E-state index contributed by atoms with van der Waals surface area (Å²) >= 11 is 0. The average Bonchev–Trinajstić information content (AvgIpc) is 2.15. The molecule has 0 fully saturated rings. The van der Waals surface area contributed by atoms with E-state index in [9.17, 15) is 13.2 Å². The lowest BCUT2D eigenvalue weighted by Gasteiger charge is -2.01. The predicted molar refractivity (Wildman–Crippen MR) is 48.8 cm³/mol. The number of hydroxylamine groups is 1. The number of nitrogens with one attached hydrogen (secondary N) is 1. The molecule has 0 radical (unpaired) electrons. The quantitative estimate of drug-likeness (QED) is 0.545. The predicted octanol–water partition coefficient (Wildman–Crippen LogP) is 0.209. The Kier molecular flexibility index (Phi) is 2.87. The van der Waals surface area contributed by atoms with Crippen LogP contribution in [0.1, 0.15) is 10.4 Å². The SMILES string of the molecule is CS(=O)(=O)c1cccc(C(=O)NO)c1. The van der Waals surface area contributed by atoms with Crippen LogP contribution in [0.15, 0.2) is 29.2 Å². The first kappa shape index (κ1) is 10.7. The number of hydrogen-bond acceptors (Lipinski definition) is 4. The first-order valence-corrected chi connectivity index (χ1v) is 5.59. The minimum absolute atomic E-state index is 0.0404. The van der Waals surface area contributed by atoms with Gasteiger partial charge in [0.2, 0.25) is 0 Å². The van der Waals surface area contributed by atoms with Crippen LogP contribution in [-0.4, -0.2) is 25.8 Å². The van der Waals surface area contributed by atoms with Crippen molar-refractivity contribution in [2.24, 2.45) is 0 Å². The highest BCUT2D eigenvalue weighted by molar-refractivity contribution is 7.90. The topological polar surface area (TPSA) is 83.5 Å². The van der Waals surface area contributed by atoms with Crippen LogP contribution in [-0.2, 0) is 9.84 Å². The number of carbonyl (C=O) groups is 1. The van der Waals surface area contributed by atoms with E-state index in [2.05, 4.69) is 0 Å². The van der Waals surface area contributed by atoms with Crippen LogP contribution >= 0.6 is 0 Å². The molecule has 1 rings (SSSR count). The van der Waals surface area contributed by atoms with Gasteiger partial charge in [0.05, 0.1) is 4.90 Å². The molecule has 0 unspecified atom stereocenters. The third kappa shape index (κ3) is 2.30. The lowest BCUT2D eigenvalue weighted by molar-refractivity contribution is 0.0706. The normalized spacial score (nSPS) is 11.0. The molecule has 0 aliphatic carbocycles. The van der Waals surface area contributed by atoms with Crippen molar-refractivity contribution in [3.63, 3.8) is 0 Å². The molecular formula is C8H9NO4S. The van der Waals surface area contributed by atoms with Crippen LogP contribution in [0.2, 0.25) is 0 Å². The van der Waals surface area contributed by atoms with Gasteiger partial charge in [-0.05, 0) is 18.2 Å². The van der Waals surface area contributed by atoms with Crippen molar-refractivity contribution in [1.82, 2.24) is 5.48 Å². The monoisotopic (exact) mass is 215 g/mol. The Morgan fingerprint density at radius 3 is 2.57 bits per heavy atom. The molecule has 0 aromatic heterocycles. The minimum atomic E-state index is -3.33. The third-order valence-corrected chi connectivity index (χ3v) is 2.74. The highest BCUT2D eigenvalue weighted by atomic mass is 32.2. The molecule has 0 heterocycles. The Morgan fingerprint density at radius 2 is 2.07 bits per heavy atom. The molecule has 76 valence electrons. The van der Waals surface area contributed by atoms with E-state index in [0.717, 1.165) is 6.26 Å². The van der Waals surface area contributed by atoms with Crippen LogP contribution in [0.5, 0.6) is 0 Å². The number of benzene rings is 1. The molecule has 2 N–H and O–H groups in total. The maximum Gasteiger partial charge on any atom is 0.274 e. The summed E-state index contributed by atoms with van der Waals surface area (Å²) < 4.78 is 22.2. The van der Waals surface area contributed by atoms with Gasteiger partial charge in [0, 0.05) is 11.8 Å². The van der Waals surface area contributed by atoms with Crippen LogP contribution in [0.4, 0.5) is 0 Å². The standard InChI is InChI=1S/C8H9NO4S/c1-14(12,13)7-4-2-3-6(5-7)8(10)9-11/h2-5,11H,1H3,(H,9,10). The summed E-state index contributed by atoms with van der Waals surface area (Å²) in [4.78, 5) is 11.0. The molecule has 14 heavy (non-hydrogen) atoms. The number of carbonyl (C=O) groups excluding carboxylic acids is 1. The molecule has 1 aromatic carbocycles. The van der Waals surface area contributed by atoms with Crippen LogP contribution < -0.4 is 5.48 Å². The smallest absolute Gasteiger partial charge is 0.274 e. The van der Waals surface area contributed by atoms with Crippen molar-refractivity contribution in [1.29, 1.82) is 0 Å².